The van der Waals surface area contributed by atoms with E-state index >= 15 is 0 Å². The molecule has 0 amide bonds. The second-order valence-electron chi connectivity index (χ2n) is 13.5. The van der Waals surface area contributed by atoms with Crippen LogP contribution in [0.25, 0.3) is 45.5 Å². The van der Waals surface area contributed by atoms with Gasteiger partial charge in [-0.2, -0.15) is 0 Å². The summed E-state index contributed by atoms with van der Waals surface area (Å²) >= 11 is 0. The third-order valence-electron chi connectivity index (χ3n) is 10.9. The number of benzene rings is 7. The van der Waals surface area contributed by atoms with Gasteiger partial charge in [0.25, 0.3) is 0 Å². The number of rotatable bonds is 10. The van der Waals surface area contributed by atoms with E-state index in [2.05, 4.69) is 195 Å². The molecule has 0 bridgehead atoms. The van der Waals surface area contributed by atoms with E-state index in [1.165, 1.54) is 39.1 Å². The highest BCUT2D eigenvalue weighted by Gasteiger charge is 2.41. The normalized spacial score (nSPS) is 12.8. The molecule has 254 valence electrons. The molecule has 7 aromatic rings. The summed E-state index contributed by atoms with van der Waals surface area (Å²) in [4.78, 5) is 2.37. The maximum Gasteiger partial charge on any atom is 0.127 e. The van der Waals surface area contributed by atoms with Gasteiger partial charge in [0.2, 0.25) is 0 Å². The van der Waals surface area contributed by atoms with Crippen molar-refractivity contribution >= 4 is 29.2 Å². The molecule has 0 fully saturated rings. The van der Waals surface area contributed by atoms with Crippen LogP contribution in [-0.2, 0) is 5.41 Å². The highest BCUT2D eigenvalue weighted by molar-refractivity contribution is 5.89. The lowest BCUT2D eigenvalue weighted by Gasteiger charge is -2.32. The van der Waals surface area contributed by atoms with Crippen LogP contribution in [0.5, 0.6) is 5.75 Å². The van der Waals surface area contributed by atoms with Gasteiger partial charge in [0.05, 0.1) is 7.11 Å². The Kier molecular flexibility index (Phi) is 9.05. The third kappa shape index (κ3) is 5.91. The van der Waals surface area contributed by atoms with Crippen LogP contribution in [0.2, 0.25) is 0 Å². The van der Waals surface area contributed by atoms with E-state index in [0.29, 0.717) is 0 Å². The van der Waals surface area contributed by atoms with Crippen LogP contribution in [0.15, 0.2) is 170 Å². The summed E-state index contributed by atoms with van der Waals surface area (Å²) in [7, 11) is 1.74. The molecule has 0 N–H and O–H groups in total. The number of methoxy groups -OCH3 is 1. The van der Waals surface area contributed by atoms with E-state index in [1.54, 1.807) is 7.11 Å². The molecular formula is C50H43NO. The van der Waals surface area contributed by atoms with E-state index < -0.39 is 0 Å². The highest BCUT2D eigenvalue weighted by atomic mass is 16.5. The number of para-hydroxylation sites is 2. The second-order valence-corrected chi connectivity index (χ2v) is 13.5. The van der Waals surface area contributed by atoms with Gasteiger partial charge in [-0.25, -0.2) is 0 Å². The van der Waals surface area contributed by atoms with Crippen LogP contribution in [-0.4, -0.2) is 7.11 Å². The van der Waals surface area contributed by atoms with Crippen molar-refractivity contribution in [1.82, 2.24) is 0 Å². The molecule has 1 aliphatic rings. The molecule has 0 radical (unpaired) electrons. The Morgan fingerprint density at radius 2 is 1.04 bits per heavy atom. The van der Waals surface area contributed by atoms with E-state index in [0.717, 1.165) is 52.2 Å². The largest absolute Gasteiger partial charge is 0.496 e. The van der Waals surface area contributed by atoms with Crippen LogP contribution >= 0.6 is 0 Å². The lowest BCUT2D eigenvalue weighted by molar-refractivity contribution is 0.416. The molecule has 0 aliphatic heterocycles. The molecule has 1 aliphatic carbocycles. The van der Waals surface area contributed by atoms with E-state index in [4.69, 9.17) is 4.74 Å². The van der Waals surface area contributed by atoms with Crippen molar-refractivity contribution in [3.8, 4) is 39.1 Å². The summed E-state index contributed by atoms with van der Waals surface area (Å²) < 4.78 is 5.83. The van der Waals surface area contributed by atoms with Gasteiger partial charge >= 0.3 is 0 Å². The molecule has 52 heavy (non-hydrogen) atoms. The van der Waals surface area contributed by atoms with Crippen molar-refractivity contribution in [3.05, 3.63) is 192 Å². The molecule has 0 heterocycles. The van der Waals surface area contributed by atoms with Gasteiger partial charge in [-0.1, -0.05) is 153 Å². The molecular weight excluding hydrogens is 631 g/mol. The maximum atomic E-state index is 5.83. The summed E-state index contributed by atoms with van der Waals surface area (Å²) in [5.41, 5.74) is 15.9. The Morgan fingerprint density at radius 1 is 0.481 bits per heavy atom. The Labute approximate surface area is 308 Å². The van der Waals surface area contributed by atoms with Gasteiger partial charge in [0.15, 0.2) is 0 Å². The maximum absolute atomic E-state index is 5.83. The molecule has 2 heteroatoms. The van der Waals surface area contributed by atoms with Crippen molar-refractivity contribution in [2.24, 2.45) is 0 Å². The number of hydrogen-bond acceptors (Lipinski definition) is 2. The van der Waals surface area contributed by atoms with E-state index in [1.807, 2.05) is 6.07 Å². The van der Waals surface area contributed by atoms with Gasteiger partial charge < -0.3 is 9.64 Å². The zero-order valence-electron chi connectivity index (χ0n) is 30.1. The monoisotopic (exact) mass is 673 g/mol. The topological polar surface area (TPSA) is 12.5 Å². The summed E-state index contributed by atoms with van der Waals surface area (Å²) in [6.07, 6.45) is 6.55. The number of anilines is 3. The average molecular weight is 674 g/mol. The van der Waals surface area contributed by atoms with Gasteiger partial charge in [-0.15, -0.1) is 0 Å². The van der Waals surface area contributed by atoms with Crippen LogP contribution in [0.4, 0.5) is 17.1 Å². The fourth-order valence-electron chi connectivity index (χ4n) is 8.17. The fourth-order valence-corrected chi connectivity index (χ4v) is 8.17. The molecule has 0 saturated carbocycles. The first kappa shape index (κ1) is 33.0. The average Bonchev–Trinajstić information content (AvgIpc) is 3.49. The Bertz CT molecular complexity index is 2300. The first-order valence-corrected chi connectivity index (χ1v) is 18.3. The lowest BCUT2D eigenvalue weighted by Crippen LogP contribution is -2.23. The standard InChI is InChI=1S/C50H43NO/c1-4-50(5-2)46-34-37(25-24-36-26-29-39(30-27-36)49-43(22-15-23-48(49)52-3)38-16-9-6-10-17-38)28-32-44(46)45-33-31-42(35-47(45)50)51(40-18-11-7-12-19-40)41-20-13-8-14-21-41/h6-35H,4-5H2,1-3H3/b25-24+. The zero-order chi connectivity index (χ0) is 35.5. The van der Waals surface area contributed by atoms with Crippen molar-refractivity contribution in [3.63, 3.8) is 0 Å². The number of ether oxygens (including phenoxy) is 1. The third-order valence-corrected chi connectivity index (χ3v) is 10.9. The number of hydrogen-bond donors (Lipinski definition) is 0. The minimum Gasteiger partial charge on any atom is -0.496 e. The quantitative estimate of drug-likeness (QED) is 0.134. The molecule has 0 aromatic heterocycles. The molecule has 0 atom stereocenters. The highest BCUT2D eigenvalue weighted by Crippen LogP contribution is 2.54. The SMILES string of the molecule is CCC1(CC)c2cc(/C=C/c3ccc(-c4c(OC)cccc4-c4ccccc4)cc3)ccc2-c2ccc(N(c3ccccc3)c3ccccc3)cc21. The first-order chi connectivity index (χ1) is 25.6. The van der Waals surface area contributed by atoms with Crippen molar-refractivity contribution < 1.29 is 4.74 Å². The molecule has 2 nitrogen and oxygen atoms in total. The summed E-state index contributed by atoms with van der Waals surface area (Å²) in [5, 5.41) is 0. The Hall–Kier alpha value is -6.12. The van der Waals surface area contributed by atoms with Crippen LogP contribution < -0.4 is 9.64 Å². The van der Waals surface area contributed by atoms with Gasteiger partial charge in [-0.3, -0.25) is 0 Å². The van der Waals surface area contributed by atoms with Crippen molar-refractivity contribution in [1.29, 1.82) is 0 Å². The molecule has 0 saturated heterocycles. The summed E-state index contributed by atoms with van der Waals surface area (Å²) in [6.45, 7) is 4.69. The molecule has 0 unspecified atom stereocenters. The minimum absolute atomic E-state index is 0.0591. The predicted octanol–water partition coefficient (Wildman–Crippen LogP) is 13.8. The van der Waals surface area contributed by atoms with Crippen LogP contribution in [0.3, 0.4) is 0 Å². The lowest BCUT2D eigenvalue weighted by atomic mass is 9.73. The van der Waals surface area contributed by atoms with E-state index in [-0.39, 0.29) is 5.41 Å². The van der Waals surface area contributed by atoms with E-state index in [9.17, 15) is 0 Å². The van der Waals surface area contributed by atoms with Crippen molar-refractivity contribution in [2.45, 2.75) is 32.1 Å². The molecule has 8 rings (SSSR count). The van der Waals surface area contributed by atoms with Gasteiger partial charge in [0, 0.05) is 28.0 Å². The fraction of sp³-hybridized carbons (Fsp3) is 0.120. The first-order valence-electron chi connectivity index (χ1n) is 18.3. The molecule has 7 aromatic carbocycles. The smallest absolute Gasteiger partial charge is 0.127 e. The summed E-state index contributed by atoms with van der Waals surface area (Å²) in [6, 6.07) is 61.1. The van der Waals surface area contributed by atoms with Gasteiger partial charge in [-0.05, 0) is 105 Å². The predicted molar refractivity (Wildman–Crippen MR) is 221 cm³/mol. The Balaban J connectivity index is 1.11. The Morgan fingerprint density at radius 3 is 1.65 bits per heavy atom. The van der Waals surface area contributed by atoms with Crippen LogP contribution in [0, 0.1) is 0 Å². The number of nitrogens with zero attached hydrogens (tertiary/aromatic N) is 1. The minimum atomic E-state index is -0.0591. The van der Waals surface area contributed by atoms with Gasteiger partial charge in [0.1, 0.15) is 5.75 Å². The molecule has 0 spiro atoms. The second kappa shape index (κ2) is 14.2. The number of fused-ring (bicyclic) bond motifs is 3. The van der Waals surface area contributed by atoms with Crippen molar-refractivity contribution in [2.75, 3.05) is 12.0 Å². The van der Waals surface area contributed by atoms with Crippen LogP contribution in [0.1, 0.15) is 48.9 Å². The zero-order valence-corrected chi connectivity index (χ0v) is 30.1. The summed E-state index contributed by atoms with van der Waals surface area (Å²) in [5.74, 6) is 0.874.